The molecule has 0 bridgehead atoms. The summed E-state index contributed by atoms with van der Waals surface area (Å²) >= 11 is 0. The van der Waals surface area contributed by atoms with Crippen LogP contribution in [0.5, 0.6) is 5.75 Å². The summed E-state index contributed by atoms with van der Waals surface area (Å²) in [5, 5.41) is 3.55. The van der Waals surface area contributed by atoms with E-state index in [0.717, 1.165) is 11.4 Å². The van der Waals surface area contributed by atoms with Crippen molar-refractivity contribution in [3.8, 4) is 5.75 Å². The summed E-state index contributed by atoms with van der Waals surface area (Å²) < 4.78 is 5.17. The van der Waals surface area contributed by atoms with Gasteiger partial charge in [-0.3, -0.25) is 4.98 Å². The van der Waals surface area contributed by atoms with Crippen molar-refractivity contribution in [3.05, 3.63) is 59.9 Å². The molecule has 0 spiro atoms. The number of hydrogen-bond acceptors (Lipinski definition) is 3. The predicted molar refractivity (Wildman–Crippen MR) is 77.2 cm³/mol. The third-order valence-corrected chi connectivity index (χ3v) is 3.25. The fourth-order valence-corrected chi connectivity index (χ4v) is 2.08. The van der Waals surface area contributed by atoms with Crippen molar-refractivity contribution >= 4 is 0 Å². The number of rotatable bonds is 5. The van der Waals surface area contributed by atoms with E-state index in [1.165, 1.54) is 5.56 Å². The lowest BCUT2D eigenvalue weighted by molar-refractivity contribution is 0.414. The second-order valence-corrected chi connectivity index (χ2v) is 4.64. The standard InChI is InChI=1S/C16H20N2O/c1-12(14-7-9-15(19-3)10-8-14)18-13(2)16-6-4-5-11-17-16/h4-13,18H,1-3H3/t12?,13-/m1/s1. The summed E-state index contributed by atoms with van der Waals surface area (Å²) in [5.41, 5.74) is 2.30. The molecule has 1 heterocycles. The molecule has 3 nitrogen and oxygen atoms in total. The SMILES string of the molecule is COc1ccc(C(C)N[C@H](C)c2ccccn2)cc1. The summed E-state index contributed by atoms with van der Waals surface area (Å²) in [5.74, 6) is 0.883. The van der Waals surface area contributed by atoms with Gasteiger partial charge in [-0.25, -0.2) is 0 Å². The fourth-order valence-electron chi connectivity index (χ4n) is 2.08. The highest BCUT2D eigenvalue weighted by atomic mass is 16.5. The number of benzene rings is 1. The second-order valence-electron chi connectivity index (χ2n) is 4.64. The molecule has 2 aromatic rings. The van der Waals surface area contributed by atoms with E-state index in [2.05, 4.69) is 36.3 Å². The molecule has 0 amide bonds. The van der Waals surface area contributed by atoms with Gasteiger partial charge in [0.15, 0.2) is 0 Å². The summed E-state index contributed by atoms with van der Waals surface area (Å²) in [4.78, 5) is 4.37. The maximum Gasteiger partial charge on any atom is 0.118 e. The van der Waals surface area contributed by atoms with Gasteiger partial charge in [0.25, 0.3) is 0 Å². The number of methoxy groups -OCH3 is 1. The third kappa shape index (κ3) is 3.55. The Morgan fingerprint density at radius 1 is 1.00 bits per heavy atom. The van der Waals surface area contributed by atoms with Crippen molar-refractivity contribution in [2.45, 2.75) is 25.9 Å². The van der Waals surface area contributed by atoms with Gasteiger partial charge < -0.3 is 10.1 Å². The molecule has 0 radical (unpaired) electrons. The summed E-state index contributed by atoms with van der Waals surface area (Å²) in [6, 6.07) is 14.6. The lowest BCUT2D eigenvalue weighted by Gasteiger charge is -2.20. The van der Waals surface area contributed by atoms with Crippen molar-refractivity contribution in [3.63, 3.8) is 0 Å². The van der Waals surface area contributed by atoms with Crippen molar-refractivity contribution in [2.75, 3.05) is 7.11 Å². The third-order valence-electron chi connectivity index (χ3n) is 3.25. The molecule has 2 atom stereocenters. The Kier molecular flexibility index (Phi) is 4.53. The molecule has 1 aromatic heterocycles. The highest BCUT2D eigenvalue weighted by Gasteiger charge is 2.11. The van der Waals surface area contributed by atoms with E-state index in [9.17, 15) is 0 Å². The Morgan fingerprint density at radius 3 is 2.32 bits per heavy atom. The quantitative estimate of drug-likeness (QED) is 0.889. The highest BCUT2D eigenvalue weighted by molar-refractivity contribution is 5.29. The molecule has 3 heteroatoms. The average Bonchev–Trinajstić information content (AvgIpc) is 2.48. The molecule has 1 N–H and O–H groups in total. The van der Waals surface area contributed by atoms with Crippen LogP contribution in [0, 0.1) is 0 Å². The molecule has 0 aliphatic carbocycles. The molecule has 19 heavy (non-hydrogen) atoms. The average molecular weight is 256 g/mol. The van der Waals surface area contributed by atoms with Crippen LogP contribution in [0.4, 0.5) is 0 Å². The topological polar surface area (TPSA) is 34.1 Å². The Balaban J connectivity index is 2.02. The zero-order valence-corrected chi connectivity index (χ0v) is 11.6. The van der Waals surface area contributed by atoms with E-state index in [4.69, 9.17) is 4.74 Å². The first kappa shape index (κ1) is 13.6. The Bertz CT molecular complexity index is 496. The molecule has 1 aromatic carbocycles. The van der Waals surface area contributed by atoms with Gasteiger partial charge in [-0.05, 0) is 43.7 Å². The number of aromatic nitrogens is 1. The molecule has 0 aliphatic rings. The van der Waals surface area contributed by atoms with Gasteiger partial charge >= 0.3 is 0 Å². The van der Waals surface area contributed by atoms with Gasteiger partial charge in [-0.2, -0.15) is 0 Å². The minimum Gasteiger partial charge on any atom is -0.497 e. The van der Waals surface area contributed by atoms with Crippen LogP contribution in [0.1, 0.15) is 37.2 Å². The maximum atomic E-state index is 5.17. The molecule has 0 saturated carbocycles. The van der Waals surface area contributed by atoms with Crippen LogP contribution in [0.3, 0.4) is 0 Å². The molecule has 100 valence electrons. The maximum absolute atomic E-state index is 5.17. The summed E-state index contributed by atoms with van der Waals surface area (Å²) in [7, 11) is 1.68. The van der Waals surface area contributed by atoms with E-state index in [1.54, 1.807) is 7.11 Å². The number of pyridine rings is 1. The van der Waals surface area contributed by atoms with Gasteiger partial charge in [0, 0.05) is 18.3 Å². The van der Waals surface area contributed by atoms with Crippen LogP contribution < -0.4 is 10.1 Å². The second kappa shape index (κ2) is 6.34. The fraction of sp³-hybridized carbons (Fsp3) is 0.312. The van der Waals surface area contributed by atoms with Crippen LogP contribution in [0.2, 0.25) is 0 Å². The van der Waals surface area contributed by atoms with Crippen molar-refractivity contribution in [1.29, 1.82) is 0 Å². The number of nitrogens with one attached hydrogen (secondary N) is 1. The largest absolute Gasteiger partial charge is 0.497 e. The zero-order chi connectivity index (χ0) is 13.7. The Labute approximate surface area is 114 Å². The lowest BCUT2D eigenvalue weighted by Crippen LogP contribution is -2.23. The minimum absolute atomic E-state index is 0.221. The normalized spacial score (nSPS) is 13.8. The van der Waals surface area contributed by atoms with E-state index < -0.39 is 0 Å². The summed E-state index contributed by atoms with van der Waals surface area (Å²) in [6.07, 6.45) is 1.82. The number of hydrogen-bond donors (Lipinski definition) is 1. The molecule has 0 aliphatic heterocycles. The molecule has 0 saturated heterocycles. The number of ether oxygens (including phenoxy) is 1. The molecule has 0 fully saturated rings. The molecule has 1 unspecified atom stereocenters. The van der Waals surface area contributed by atoms with Crippen molar-refractivity contribution in [1.82, 2.24) is 10.3 Å². The van der Waals surface area contributed by atoms with Crippen LogP contribution in [-0.4, -0.2) is 12.1 Å². The van der Waals surface area contributed by atoms with Gasteiger partial charge in [-0.15, -0.1) is 0 Å². The lowest BCUT2D eigenvalue weighted by atomic mass is 10.1. The first-order valence-corrected chi connectivity index (χ1v) is 6.51. The summed E-state index contributed by atoms with van der Waals surface area (Å²) in [6.45, 7) is 4.28. The van der Waals surface area contributed by atoms with Crippen LogP contribution in [0.25, 0.3) is 0 Å². The first-order chi connectivity index (χ1) is 9.20. The highest BCUT2D eigenvalue weighted by Crippen LogP contribution is 2.20. The Morgan fingerprint density at radius 2 is 1.74 bits per heavy atom. The van der Waals surface area contributed by atoms with E-state index >= 15 is 0 Å². The molecule has 2 rings (SSSR count). The van der Waals surface area contributed by atoms with Gasteiger partial charge in [0.2, 0.25) is 0 Å². The van der Waals surface area contributed by atoms with E-state index in [1.807, 2.05) is 36.5 Å². The van der Waals surface area contributed by atoms with Crippen LogP contribution in [0.15, 0.2) is 48.7 Å². The van der Waals surface area contributed by atoms with Crippen molar-refractivity contribution in [2.24, 2.45) is 0 Å². The van der Waals surface area contributed by atoms with Crippen molar-refractivity contribution < 1.29 is 4.74 Å². The zero-order valence-electron chi connectivity index (χ0n) is 11.6. The molecular weight excluding hydrogens is 236 g/mol. The van der Waals surface area contributed by atoms with Crippen LogP contribution >= 0.6 is 0 Å². The minimum atomic E-state index is 0.221. The van der Waals surface area contributed by atoms with E-state index in [-0.39, 0.29) is 12.1 Å². The monoisotopic (exact) mass is 256 g/mol. The Hall–Kier alpha value is -1.87. The smallest absolute Gasteiger partial charge is 0.118 e. The van der Waals surface area contributed by atoms with Crippen LogP contribution in [-0.2, 0) is 0 Å². The number of nitrogens with zero attached hydrogens (tertiary/aromatic N) is 1. The van der Waals surface area contributed by atoms with E-state index in [0.29, 0.717) is 0 Å². The predicted octanol–water partition coefficient (Wildman–Crippen LogP) is 3.50. The first-order valence-electron chi connectivity index (χ1n) is 6.51. The molecular formula is C16H20N2O. The van der Waals surface area contributed by atoms with Gasteiger partial charge in [0.1, 0.15) is 5.75 Å². The van der Waals surface area contributed by atoms with Gasteiger partial charge in [-0.1, -0.05) is 18.2 Å². The van der Waals surface area contributed by atoms with Gasteiger partial charge in [0.05, 0.1) is 12.8 Å².